The van der Waals surface area contributed by atoms with E-state index in [-0.39, 0.29) is 0 Å². The van der Waals surface area contributed by atoms with Crippen LogP contribution in [0.4, 0.5) is 5.69 Å². The van der Waals surface area contributed by atoms with Crippen LogP contribution in [0, 0.1) is 0 Å². The first-order valence-electron chi connectivity index (χ1n) is 5.20. The Balaban J connectivity index is 2.29. The summed E-state index contributed by atoms with van der Waals surface area (Å²) < 4.78 is 10.9. The van der Waals surface area contributed by atoms with Crippen LogP contribution >= 0.6 is 11.8 Å². The maximum Gasteiger partial charge on any atom is 0.223 e. The first-order chi connectivity index (χ1) is 8.72. The second-order valence-corrected chi connectivity index (χ2v) is 4.24. The number of anilines is 1. The summed E-state index contributed by atoms with van der Waals surface area (Å²) >= 11 is 1.52. The third-order valence-corrected chi connectivity index (χ3v) is 2.87. The second-order valence-electron chi connectivity index (χ2n) is 3.41. The summed E-state index contributed by atoms with van der Waals surface area (Å²) in [6.45, 7) is 0. The molecule has 0 saturated heterocycles. The van der Waals surface area contributed by atoms with E-state index < -0.39 is 0 Å². The van der Waals surface area contributed by atoms with Gasteiger partial charge >= 0.3 is 0 Å². The van der Waals surface area contributed by atoms with Gasteiger partial charge in [-0.15, -0.1) is 11.8 Å². The second kappa shape index (κ2) is 5.59. The molecule has 0 aliphatic rings. The highest BCUT2D eigenvalue weighted by Gasteiger charge is 2.07. The maximum atomic E-state index is 5.72. The number of ether oxygens (including phenoxy) is 2. The Kier molecular flexibility index (Phi) is 3.88. The van der Waals surface area contributed by atoms with E-state index in [9.17, 15) is 0 Å². The summed E-state index contributed by atoms with van der Waals surface area (Å²) in [6, 6.07) is 6.95. The van der Waals surface area contributed by atoms with E-state index in [4.69, 9.17) is 15.2 Å². The summed E-state index contributed by atoms with van der Waals surface area (Å²) in [5.74, 6) is 1.59. The SMILES string of the molecule is COc1ccc(N)cc1Oc1cc(SC)ncn1. The van der Waals surface area contributed by atoms with E-state index in [1.807, 2.05) is 6.26 Å². The average molecular weight is 263 g/mol. The highest BCUT2D eigenvalue weighted by molar-refractivity contribution is 7.98. The molecule has 0 fully saturated rings. The molecule has 2 rings (SSSR count). The van der Waals surface area contributed by atoms with Gasteiger partial charge in [0.1, 0.15) is 11.4 Å². The van der Waals surface area contributed by atoms with Crippen molar-refractivity contribution in [2.45, 2.75) is 5.03 Å². The highest BCUT2D eigenvalue weighted by atomic mass is 32.2. The molecule has 0 aliphatic carbocycles. The van der Waals surface area contributed by atoms with Gasteiger partial charge in [-0.2, -0.15) is 0 Å². The molecule has 0 unspecified atom stereocenters. The number of nitrogens with zero attached hydrogens (tertiary/aromatic N) is 2. The largest absolute Gasteiger partial charge is 0.493 e. The van der Waals surface area contributed by atoms with E-state index >= 15 is 0 Å². The molecule has 0 amide bonds. The summed E-state index contributed by atoms with van der Waals surface area (Å²) in [7, 11) is 1.58. The quantitative estimate of drug-likeness (QED) is 0.519. The van der Waals surface area contributed by atoms with Crippen molar-refractivity contribution in [3.63, 3.8) is 0 Å². The number of hydrogen-bond acceptors (Lipinski definition) is 6. The number of aromatic nitrogens is 2. The van der Waals surface area contributed by atoms with Gasteiger partial charge in [0, 0.05) is 17.8 Å². The zero-order valence-corrected chi connectivity index (χ0v) is 10.9. The zero-order valence-electron chi connectivity index (χ0n) is 10.1. The Labute approximate surface area is 109 Å². The fourth-order valence-electron chi connectivity index (χ4n) is 1.38. The Hall–Kier alpha value is -1.95. The van der Waals surface area contributed by atoms with Crippen molar-refractivity contribution in [3.05, 3.63) is 30.6 Å². The molecule has 18 heavy (non-hydrogen) atoms. The predicted molar refractivity (Wildman–Crippen MR) is 71.3 cm³/mol. The van der Waals surface area contributed by atoms with Crippen molar-refractivity contribution < 1.29 is 9.47 Å². The summed E-state index contributed by atoms with van der Waals surface area (Å²) in [4.78, 5) is 8.12. The molecule has 0 atom stereocenters. The van der Waals surface area contributed by atoms with Crippen LogP contribution in [0.1, 0.15) is 0 Å². The van der Waals surface area contributed by atoms with Gasteiger partial charge in [0.25, 0.3) is 0 Å². The molecule has 6 heteroatoms. The molecule has 0 saturated carbocycles. The smallest absolute Gasteiger partial charge is 0.223 e. The molecule has 1 aromatic carbocycles. The van der Waals surface area contributed by atoms with E-state index in [1.54, 1.807) is 31.4 Å². The number of hydrogen-bond donors (Lipinski definition) is 1. The third kappa shape index (κ3) is 2.84. The molecule has 0 bridgehead atoms. The minimum absolute atomic E-state index is 0.457. The lowest BCUT2D eigenvalue weighted by molar-refractivity contribution is 0.373. The van der Waals surface area contributed by atoms with E-state index in [2.05, 4.69) is 9.97 Å². The van der Waals surface area contributed by atoms with Crippen LogP contribution < -0.4 is 15.2 Å². The van der Waals surface area contributed by atoms with Crippen molar-refractivity contribution in [1.82, 2.24) is 9.97 Å². The Morgan fingerprint density at radius 3 is 2.72 bits per heavy atom. The Morgan fingerprint density at radius 1 is 1.17 bits per heavy atom. The number of benzene rings is 1. The number of thioether (sulfide) groups is 1. The van der Waals surface area contributed by atoms with Crippen LogP contribution in [0.5, 0.6) is 17.4 Å². The molecule has 5 nitrogen and oxygen atoms in total. The fourth-order valence-corrected chi connectivity index (χ4v) is 1.75. The van der Waals surface area contributed by atoms with Gasteiger partial charge in [-0.1, -0.05) is 0 Å². The molecule has 0 spiro atoms. The van der Waals surface area contributed by atoms with Crippen LogP contribution in [0.2, 0.25) is 0 Å². The molecule has 0 radical (unpaired) electrons. The van der Waals surface area contributed by atoms with Crippen molar-refractivity contribution in [2.75, 3.05) is 19.1 Å². The predicted octanol–water partition coefficient (Wildman–Crippen LogP) is 2.58. The molecule has 2 N–H and O–H groups in total. The van der Waals surface area contributed by atoms with Crippen LogP contribution in [0.25, 0.3) is 0 Å². The van der Waals surface area contributed by atoms with E-state index in [1.165, 1.54) is 18.1 Å². The van der Waals surface area contributed by atoms with Gasteiger partial charge in [0.2, 0.25) is 5.88 Å². The number of nitrogens with two attached hydrogens (primary N) is 1. The van der Waals surface area contributed by atoms with Crippen molar-refractivity contribution in [1.29, 1.82) is 0 Å². The zero-order chi connectivity index (χ0) is 13.0. The van der Waals surface area contributed by atoms with Crippen LogP contribution in [0.3, 0.4) is 0 Å². The maximum absolute atomic E-state index is 5.72. The molecule has 2 aromatic rings. The lowest BCUT2D eigenvalue weighted by Crippen LogP contribution is -1.95. The number of rotatable bonds is 4. The van der Waals surface area contributed by atoms with Gasteiger partial charge in [0.15, 0.2) is 11.5 Å². The first-order valence-corrected chi connectivity index (χ1v) is 6.43. The summed E-state index contributed by atoms with van der Waals surface area (Å²) in [6.07, 6.45) is 3.40. The number of nitrogen functional groups attached to an aromatic ring is 1. The molecule has 94 valence electrons. The average Bonchev–Trinajstić information content (AvgIpc) is 2.39. The van der Waals surface area contributed by atoms with E-state index in [0.29, 0.717) is 23.1 Å². The van der Waals surface area contributed by atoms with Crippen LogP contribution in [-0.2, 0) is 0 Å². The first kappa shape index (κ1) is 12.5. The lowest BCUT2D eigenvalue weighted by Gasteiger charge is -2.10. The van der Waals surface area contributed by atoms with Gasteiger partial charge in [-0.25, -0.2) is 9.97 Å². The fraction of sp³-hybridized carbons (Fsp3) is 0.167. The number of methoxy groups -OCH3 is 1. The van der Waals surface area contributed by atoms with Gasteiger partial charge in [0.05, 0.1) is 7.11 Å². The third-order valence-electron chi connectivity index (χ3n) is 2.23. The van der Waals surface area contributed by atoms with Crippen molar-refractivity contribution in [2.24, 2.45) is 0 Å². The lowest BCUT2D eigenvalue weighted by atomic mass is 10.3. The minimum Gasteiger partial charge on any atom is -0.493 e. The minimum atomic E-state index is 0.457. The van der Waals surface area contributed by atoms with Crippen molar-refractivity contribution in [3.8, 4) is 17.4 Å². The molecule has 0 aliphatic heterocycles. The Bertz CT molecular complexity index is 549. The molecular weight excluding hydrogens is 250 g/mol. The monoisotopic (exact) mass is 263 g/mol. The van der Waals surface area contributed by atoms with Gasteiger partial charge < -0.3 is 15.2 Å². The topological polar surface area (TPSA) is 70.3 Å². The van der Waals surface area contributed by atoms with Gasteiger partial charge in [-0.3, -0.25) is 0 Å². The molecule has 1 heterocycles. The standard InChI is InChI=1S/C12H13N3O2S/c1-16-9-4-3-8(13)5-10(9)17-11-6-12(18-2)15-7-14-11/h3-7H,13H2,1-2H3. The summed E-state index contributed by atoms with van der Waals surface area (Å²) in [5, 5.41) is 0.836. The van der Waals surface area contributed by atoms with Crippen molar-refractivity contribution >= 4 is 17.4 Å². The highest BCUT2D eigenvalue weighted by Crippen LogP contribution is 2.32. The van der Waals surface area contributed by atoms with E-state index in [0.717, 1.165) is 5.03 Å². The summed E-state index contributed by atoms with van der Waals surface area (Å²) in [5.41, 5.74) is 6.32. The molecular formula is C12H13N3O2S. The Morgan fingerprint density at radius 2 is 2.00 bits per heavy atom. The normalized spacial score (nSPS) is 10.1. The van der Waals surface area contributed by atoms with Crippen LogP contribution in [0.15, 0.2) is 35.6 Å². The molecule has 1 aromatic heterocycles. The van der Waals surface area contributed by atoms with Gasteiger partial charge in [-0.05, 0) is 18.4 Å². The van der Waals surface area contributed by atoms with Crippen LogP contribution in [-0.4, -0.2) is 23.3 Å².